The summed E-state index contributed by atoms with van der Waals surface area (Å²) in [6.07, 6.45) is 2.66. The van der Waals surface area contributed by atoms with Crippen LogP contribution in [-0.2, 0) is 4.79 Å². The number of rotatable bonds is 0. The van der Waals surface area contributed by atoms with E-state index >= 15 is 0 Å². The van der Waals surface area contributed by atoms with Gasteiger partial charge in [0.25, 0.3) is 0 Å². The predicted octanol–water partition coefficient (Wildman–Crippen LogP) is -0.0971. The highest BCUT2D eigenvalue weighted by Gasteiger charge is 2.25. The zero-order valence-corrected chi connectivity index (χ0v) is 5.04. The van der Waals surface area contributed by atoms with Gasteiger partial charge in [-0.2, -0.15) is 15.4 Å². The van der Waals surface area contributed by atoms with Crippen LogP contribution < -0.4 is 0 Å². The smallest absolute Gasteiger partial charge is 0.216 e. The normalized spacial score (nSPS) is 24.7. The predicted molar refractivity (Wildman–Crippen MR) is 30.6 cm³/mol. The first kappa shape index (κ1) is 6.05. The van der Waals surface area contributed by atoms with Crippen LogP contribution in [0, 0.1) is 11.5 Å². The van der Waals surface area contributed by atoms with Crippen molar-refractivity contribution in [2.45, 2.75) is 5.50 Å². The molecule has 0 amide bonds. The average molecular weight is 144 g/mol. The van der Waals surface area contributed by atoms with Crippen LogP contribution in [0.25, 0.3) is 0 Å². The Labute approximate surface area is 56.3 Å². The summed E-state index contributed by atoms with van der Waals surface area (Å²) in [7, 11) is 0. The lowest BCUT2D eigenvalue weighted by Crippen LogP contribution is -2.22. The Hall–Kier alpha value is -1.08. The lowest BCUT2D eigenvalue weighted by Gasteiger charge is -2.03. The highest BCUT2D eigenvalue weighted by atomic mass is 35.5. The van der Waals surface area contributed by atoms with Crippen molar-refractivity contribution in [3.05, 3.63) is 0 Å². The summed E-state index contributed by atoms with van der Waals surface area (Å²) < 4.78 is 0. The molecule has 0 aromatic heterocycles. The highest BCUT2D eigenvalue weighted by molar-refractivity contribution is 6.45. The number of ketones is 1. The minimum atomic E-state index is -0.921. The minimum absolute atomic E-state index is 0.349. The summed E-state index contributed by atoms with van der Waals surface area (Å²) in [6.45, 7) is 0. The fourth-order valence-corrected chi connectivity index (χ4v) is 0.587. The quantitative estimate of drug-likeness (QED) is 0.270. The van der Waals surface area contributed by atoms with Gasteiger partial charge in [-0.15, -0.1) is 0 Å². The van der Waals surface area contributed by atoms with E-state index in [0.29, 0.717) is 0 Å². The first-order valence-corrected chi connectivity index (χ1v) is 2.60. The molecule has 9 heavy (non-hydrogen) atoms. The Bertz CT molecular complexity index is 206. The van der Waals surface area contributed by atoms with Gasteiger partial charge in [0, 0.05) is 0 Å². The third-order valence-electron chi connectivity index (χ3n) is 0.861. The average Bonchev–Trinajstić information content (AvgIpc) is 2.15. The molecule has 0 saturated heterocycles. The van der Waals surface area contributed by atoms with E-state index in [9.17, 15) is 4.79 Å². The maximum Gasteiger partial charge on any atom is 0.216 e. The fraction of sp³-hybridized carbons (Fsp3) is 0.250. The van der Waals surface area contributed by atoms with Crippen LogP contribution in [0.2, 0.25) is 0 Å². The molecular formula is C4H2ClN3O. The van der Waals surface area contributed by atoms with Gasteiger partial charge in [0.1, 0.15) is 0 Å². The van der Waals surface area contributed by atoms with Gasteiger partial charge < -0.3 is 0 Å². The molecular weight excluding hydrogens is 142 g/mol. The van der Waals surface area contributed by atoms with Gasteiger partial charge >= 0.3 is 0 Å². The molecule has 0 fully saturated rings. The van der Waals surface area contributed by atoms with Gasteiger partial charge in [-0.1, -0.05) is 11.6 Å². The van der Waals surface area contributed by atoms with E-state index in [1.165, 1.54) is 0 Å². The molecule has 0 spiro atoms. The third-order valence-corrected chi connectivity index (χ3v) is 1.26. The Balaban J connectivity index is 2.76. The second-order valence-electron chi connectivity index (χ2n) is 1.43. The van der Waals surface area contributed by atoms with E-state index in [-0.39, 0.29) is 5.78 Å². The molecule has 1 unspecified atom stereocenters. The summed E-state index contributed by atoms with van der Waals surface area (Å²) >= 11 is 5.36. The lowest BCUT2D eigenvalue weighted by molar-refractivity contribution is -0.113. The van der Waals surface area contributed by atoms with E-state index < -0.39 is 5.50 Å². The van der Waals surface area contributed by atoms with Crippen LogP contribution in [0.5, 0.6) is 0 Å². The summed E-state index contributed by atoms with van der Waals surface area (Å²) in [5, 5.41) is 12.4. The van der Waals surface area contributed by atoms with Crippen molar-refractivity contribution in [2.24, 2.45) is 5.10 Å². The van der Waals surface area contributed by atoms with Crippen molar-refractivity contribution in [3.8, 4) is 6.19 Å². The molecule has 1 atom stereocenters. The highest BCUT2D eigenvalue weighted by Crippen LogP contribution is 2.09. The van der Waals surface area contributed by atoms with Crippen LogP contribution in [-0.4, -0.2) is 22.5 Å². The minimum Gasteiger partial charge on any atom is -0.289 e. The summed E-state index contributed by atoms with van der Waals surface area (Å²) in [6, 6.07) is 0. The second-order valence-corrected chi connectivity index (χ2v) is 1.84. The van der Waals surface area contributed by atoms with Gasteiger partial charge in [-0.25, -0.2) is 0 Å². The lowest BCUT2D eigenvalue weighted by atomic mass is 10.4. The number of alkyl halides is 1. The van der Waals surface area contributed by atoms with Crippen LogP contribution in [0.15, 0.2) is 5.10 Å². The molecule has 0 aliphatic carbocycles. The first-order chi connectivity index (χ1) is 4.25. The third kappa shape index (κ3) is 0.864. The SMILES string of the molecule is N#CN1N=CC(=O)C1Cl. The Morgan fingerprint density at radius 2 is 2.67 bits per heavy atom. The summed E-state index contributed by atoms with van der Waals surface area (Å²) in [5.41, 5.74) is -0.921. The number of hydrazone groups is 1. The molecule has 4 nitrogen and oxygen atoms in total. The monoisotopic (exact) mass is 143 g/mol. The first-order valence-electron chi connectivity index (χ1n) is 2.16. The van der Waals surface area contributed by atoms with Crippen LogP contribution >= 0.6 is 11.6 Å². The molecule has 0 bridgehead atoms. The molecule has 1 aliphatic heterocycles. The molecule has 1 heterocycles. The topological polar surface area (TPSA) is 56.5 Å². The second kappa shape index (κ2) is 2.03. The zero-order valence-electron chi connectivity index (χ0n) is 4.28. The van der Waals surface area contributed by atoms with Crippen molar-refractivity contribution in [1.29, 1.82) is 5.26 Å². The zero-order chi connectivity index (χ0) is 6.85. The van der Waals surface area contributed by atoms with Crippen LogP contribution in [0.3, 0.4) is 0 Å². The largest absolute Gasteiger partial charge is 0.289 e. The van der Waals surface area contributed by atoms with E-state index in [1.807, 2.05) is 0 Å². The van der Waals surface area contributed by atoms with E-state index in [1.54, 1.807) is 6.19 Å². The number of carbonyl (C=O) groups excluding carboxylic acids is 1. The number of nitrogens with zero attached hydrogens (tertiary/aromatic N) is 3. The molecule has 0 aromatic rings. The number of carbonyl (C=O) groups is 1. The number of hydrogen-bond donors (Lipinski definition) is 0. The number of hydrogen-bond acceptors (Lipinski definition) is 4. The van der Waals surface area contributed by atoms with Crippen LogP contribution in [0.1, 0.15) is 0 Å². The van der Waals surface area contributed by atoms with E-state index in [4.69, 9.17) is 16.9 Å². The molecule has 1 rings (SSSR count). The van der Waals surface area contributed by atoms with Crippen molar-refractivity contribution in [2.75, 3.05) is 0 Å². The maximum absolute atomic E-state index is 10.5. The number of nitriles is 1. The van der Waals surface area contributed by atoms with E-state index in [0.717, 1.165) is 11.2 Å². The molecule has 0 radical (unpaired) electrons. The van der Waals surface area contributed by atoms with Gasteiger partial charge in [0.05, 0.1) is 6.21 Å². The summed E-state index contributed by atoms with van der Waals surface area (Å²) in [5.74, 6) is -0.349. The fourth-order valence-electron chi connectivity index (χ4n) is 0.436. The summed E-state index contributed by atoms with van der Waals surface area (Å²) in [4.78, 5) is 10.5. The molecule has 0 N–H and O–H groups in total. The Kier molecular flexibility index (Phi) is 1.37. The number of Topliss-reactive ketones (excluding diaryl/α,β-unsaturated/α-hetero) is 1. The van der Waals surface area contributed by atoms with Gasteiger partial charge in [-0.05, 0) is 0 Å². The van der Waals surface area contributed by atoms with Gasteiger partial charge in [0.2, 0.25) is 12.0 Å². The molecule has 5 heteroatoms. The number of halogens is 1. The van der Waals surface area contributed by atoms with Gasteiger partial charge in [-0.3, -0.25) is 4.79 Å². The maximum atomic E-state index is 10.5. The van der Waals surface area contributed by atoms with Crippen molar-refractivity contribution < 1.29 is 4.79 Å². The van der Waals surface area contributed by atoms with Gasteiger partial charge in [0.15, 0.2) is 5.50 Å². The van der Waals surface area contributed by atoms with Crippen molar-refractivity contribution in [1.82, 2.24) is 5.01 Å². The van der Waals surface area contributed by atoms with Crippen molar-refractivity contribution >= 4 is 23.6 Å². The standard InChI is InChI=1S/C4H2ClN3O/c5-4-3(9)1-7-8(4)2-6/h1,4H. The molecule has 46 valence electrons. The Morgan fingerprint density at radius 1 is 2.00 bits per heavy atom. The Morgan fingerprint density at radius 3 is 2.89 bits per heavy atom. The van der Waals surface area contributed by atoms with E-state index in [2.05, 4.69) is 5.10 Å². The molecule has 0 saturated carbocycles. The molecule has 0 aromatic carbocycles. The van der Waals surface area contributed by atoms with Crippen LogP contribution in [0.4, 0.5) is 0 Å². The molecule has 1 aliphatic rings. The van der Waals surface area contributed by atoms with Crippen molar-refractivity contribution in [3.63, 3.8) is 0 Å².